The maximum Gasteiger partial charge on any atom is 0.260 e. The molecule has 1 N–H and O–H groups in total. The average molecular weight is 489 g/mol. The number of hydrogen-bond acceptors (Lipinski definition) is 7. The van der Waals surface area contributed by atoms with E-state index in [2.05, 4.69) is 10.3 Å². The predicted octanol–water partition coefficient (Wildman–Crippen LogP) is 3.22. The highest BCUT2D eigenvalue weighted by Gasteiger charge is 2.27. The maximum absolute atomic E-state index is 13.0. The van der Waals surface area contributed by atoms with Crippen LogP contribution in [0.25, 0.3) is 0 Å². The van der Waals surface area contributed by atoms with E-state index >= 15 is 0 Å². The summed E-state index contributed by atoms with van der Waals surface area (Å²) in [6.45, 7) is 5.22. The number of thiazole rings is 1. The third-order valence-corrected chi connectivity index (χ3v) is 8.53. The summed E-state index contributed by atoms with van der Waals surface area (Å²) in [6.07, 6.45) is 3.37. The molecule has 11 heteroatoms. The molecule has 2 amide bonds. The first-order chi connectivity index (χ1) is 15.8. The number of amides is 2. The van der Waals surface area contributed by atoms with Gasteiger partial charge in [-0.05, 0) is 30.3 Å². The number of rotatable bonds is 7. The van der Waals surface area contributed by atoms with Crippen LogP contribution in [0.2, 0.25) is 0 Å². The van der Waals surface area contributed by atoms with Crippen LogP contribution in [0.1, 0.15) is 45.1 Å². The first kappa shape index (κ1) is 23.1. The molecule has 174 valence electrons. The maximum atomic E-state index is 13.0. The number of nitrogens with one attached hydrogen (secondary N) is 1. The van der Waals surface area contributed by atoms with Crippen molar-refractivity contribution in [3.05, 3.63) is 64.6 Å². The van der Waals surface area contributed by atoms with Gasteiger partial charge < -0.3 is 9.32 Å². The number of carbonyl (C=O) groups is 2. The molecule has 3 heterocycles. The molecule has 0 bridgehead atoms. The lowest BCUT2D eigenvalue weighted by atomic mass is 10.1. The molecule has 0 atom stereocenters. The summed E-state index contributed by atoms with van der Waals surface area (Å²) in [5.74, 6) is -0.479. The first-order valence-corrected chi connectivity index (χ1v) is 12.8. The van der Waals surface area contributed by atoms with Gasteiger partial charge in [-0.3, -0.25) is 14.9 Å². The highest BCUT2D eigenvalue weighted by molar-refractivity contribution is 7.89. The normalized spacial score (nSPS) is 13.7. The minimum Gasteiger partial charge on any atom is -0.472 e. The standard InChI is InChI=1S/C22H24N4O5S2/c1-3-26(4-2)33(29,30)17-7-5-15(6-8-17)21(28)25-11-9-18-19(13-25)32-22(23-18)24-20(27)16-10-12-31-14-16/h5-8,10,12,14H,3-4,9,11,13H2,1-2H3,(H,23,24,27). The largest absolute Gasteiger partial charge is 0.472 e. The van der Waals surface area contributed by atoms with E-state index in [0.717, 1.165) is 10.6 Å². The summed E-state index contributed by atoms with van der Waals surface area (Å²) < 4.78 is 31.6. The molecule has 0 radical (unpaired) electrons. The Morgan fingerprint density at radius 2 is 1.88 bits per heavy atom. The molecule has 1 aliphatic heterocycles. The van der Waals surface area contributed by atoms with Crippen LogP contribution in [-0.4, -0.2) is 54.1 Å². The number of fused-ring (bicyclic) bond motifs is 1. The molecule has 0 fully saturated rings. The van der Waals surface area contributed by atoms with E-state index in [1.54, 1.807) is 36.9 Å². The molecular formula is C22H24N4O5S2. The SMILES string of the molecule is CCN(CC)S(=O)(=O)c1ccc(C(=O)N2CCc3nc(NC(=O)c4ccoc4)sc3C2)cc1. The third kappa shape index (κ3) is 4.70. The molecule has 0 spiro atoms. The van der Waals surface area contributed by atoms with Crippen LogP contribution in [0.3, 0.4) is 0 Å². The Bertz CT molecular complexity index is 1250. The zero-order valence-electron chi connectivity index (χ0n) is 18.3. The first-order valence-electron chi connectivity index (χ1n) is 10.5. The van der Waals surface area contributed by atoms with Crippen LogP contribution < -0.4 is 5.32 Å². The van der Waals surface area contributed by atoms with Crippen molar-refractivity contribution in [2.45, 2.75) is 31.7 Å². The Morgan fingerprint density at radius 1 is 1.15 bits per heavy atom. The van der Waals surface area contributed by atoms with Gasteiger partial charge in [0.2, 0.25) is 10.0 Å². The van der Waals surface area contributed by atoms with Gasteiger partial charge in [-0.25, -0.2) is 13.4 Å². The van der Waals surface area contributed by atoms with Crippen molar-refractivity contribution >= 4 is 38.3 Å². The van der Waals surface area contributed by atoms with E-state index in [4.69, 9.17) is 4.42 Å². The van der Waals surface area contributed by atoms with Crippen molar-refractivity contribution in [2.75, 3.05) is 25.0 Å². The van der Waals surface area contributed by atoms with Gasteiger partial charge in [0.05, 0.1) is 29.0 Å². The number of nitrogens with zero attached hydrogens (tertiary/aromatic N) is 3. The van der Waals surface area contributed by atoms with Gasteiger partial charge in [-0.2, -0.15) is 4.31 Å². The highest BCUT2D eigenvalue weighted by Crippen LogP contribution is 2.29. The van der Waals surface area contributed by atoms with Gasteiger partial charge in [0.25, 0.3) is 11.8 Å². The lowest BCUT2D eigenvalue weighted by Crippen LogP contribution is -2.35. The fourth-order valence-electron chi connectivity index (χ4n) is 3.65. The van der Waals surface area contributed by atoms with Gasteiger partial charge in [0, 0.05) is 36.5 Å². The molecule has 33 heavy (non-hydrogen) atoms. The van der Waals surface area contributed by atoms with Gasteiger partial charge in [0.1, 0.15) is 6.26 Å². The smallest absolute Gasteiger partial charge is 0.260 e. The highest BCUT2D eigenvalue weighted by atomic mass is 32.2. The van der Waals surface area contributed by atoms with Crippen LogP contribution in [0.4, 0.5) is 5.13 Å². The van der Waals surface area contributed by atoms with Crippen molar-refractivity contribution in [3.63, 3.8) is 0 Å². The zero-order valence-corrected chi connectivity index (χ0v) is 19.9. The monoisotopic (exact) mass is 488 g/mol. The van der Waals surface area contributed by atoms with Crippen LogP contribution in [0.15, 0.2) is 52.2 Å². The minimum atomic E-state index is -3.57. The van der Waals surface area contributed by atoms with Crippen molar-refractivity contribution in [2.24, 2.45) is 0 Å². The Hall–Kier alpha value is -3.02. The number of sulfonamides is 1. The van der Waals surface area contributed by atoms with Crippen molar-refractivity contribution < 1.29 is 22.4 Å². The second-order valence-electron chi connectivity index (χ2n) is 7.45. The van der Waals surface area contributed by atoms with Crippen LogP contribution in [0, 0.1) is 0 Å². The molecule has 0 saturated carbocycles. The molecule has 0 unspecified atom stereocenters. The minimum absolute atomic E-state index is 0.171. The second kappa shape index (κ2) is 9.46. The van der Waals surface area contributed by atoms with E-state index in [1.165, 1.54) is 40.3 Å². The average Bonchev–Trinajstić information content (AvgIpc) is 3.48. The molecule has 2 aromatic heterocycles. The van der Waals surface area contributed by atoms with Crippen LogP contribution >= 0.6 is 11.3 Å². The summed E-state index contributed by atoms with van der Waals surface area (Å²) in [4.78, 5) is 32.5. The molecule has 1 aromatic carbocycles. The summed E-state index contributed by atoms with van der Waals surface area (Å²) >= 11 is 1.34. The second-order valence-corrected chi connectivity index (χ2v) is 10.5. The van der Waals surface area contributed by atoms with Crippen molar-refractivity contribution in [1.82, 2.24) is 14.2 Å². The molecule has 0 saturated heterocycles. The summed E-state index contributed by atoms with van der Waals surface area (Å²) in [5, 5.41) is 3.24. The number of furan rings is 1. The van der Waals surface area contributed by atoms with E-state index < -0.39 is 10.0 Å². The number of carbonyl (C=O) groups excluding carboxylic acids is 2. The fraction of sp³-hybridized carbons (Fsp3) is 0.318. The quantitative estimate of drug-likeness (QED) is 0.546. The topological polar surface area (TPSA) is 113 Å². The molecule has 9 nitrogen and oxygen atoms in total. The number of anilines is 1. The Morgan fingerprint density at radius 3 is 2.52 bits per heavy atom. The number of aromatic nitrogens is 1. The summed E-state index contributed by atoms with van der Waals surface area (Å²) in [7, 11) is -3.57. The van der Waals surface area contributed by atoms with Crippen molar-refractivity contribution in [3.8, 4) is 0 Å². The Balaban J connectivity index is 1.45. The fourth-order valence-corrected chi connectivity index (χ4v) is 6.13. The van der Waals surface area contributed by atoms with Crippen molar-refractivity contribution in [1.29, 1.82) is 0 Å². The van der Waals surface area contributed by atoms with Crippen LogP contribution in [0.5, 0.6) is 0 Å². The number of hydrogen-bond donors (Lipinski definition) is 1. The van der Waals surface area contributed by atoms with Gasteiger partial charge in [-0.15, -0.1) is 0 Å². The lowest BCUT2D eigenvalue weighted by molar-refractivity contribution is 0.0736. The van der Waals surface area contributed by atoms with E-state index in [0.29, 0.717) is 48.9 Å². The molecule has 4 rings (SSSR count). The van der Waals surface area contributed by atoms with Gasteiger partial charge >= 0.3 is 0 Å². The molecular weight excluding hydrogens is 464 g/mol. The van der Waals surface area contributed by atoms with E-state index in [9.17, 15) is 18.0 Å². The van der Waals surface area contributed by atoms with E-state index in [-0.39, 0.29) is 16.7 Å². The van der Waals surface area contributed by atoms with Gasteiger partial charge in [0.15, 0.2) is 5.13 Å². The summed E-state index contributed by atoms with van der Waals surface area (Å²) in [6, 6.07) is 7.63. The van der Waals surface area contributed by atoms with Crippen LogP contribution in [-0.2, 0) is 23.0 Å². The molecule has 0 aliphatic carbocycles. The number of benzene rings is 1. The van der Waals surface area contributed by atoms with Gasteiger partial charge in [-0.1, -0.05) is 25.2 Å². The van der Waals surface area contributed by atoms with E-state index in [1.807, 2.05) is 0 Å². The third-order valence-electron chi connectivity index (χ3n) is 5.47. The lowest BCUT2D eigenvalue weighted by Gasteiger charge is -2.26. The molecule has 3 aromatic rings. The summed E-state index contributed by atoms with van der Waals surface area (Å²) in [5.41, 5.74) is 1.70. The zero-order chi connectivity index (χ0) is 23.6. The molecule has 1 aliphatic rings. The Kier molecular flexibility index (Phi) is 6.63. The Labute approximate surface area is 196 Å². The predicted molar refractivity (Wildman–Crippen MR) is 124 cm³/mol.